The Morgan fingerprint density at radius 3 is 1.71 bits per heavy atom. The fraction of sp³-hybridized carbons (Fsp3) is 0.875. The monoisotopic (exact) mass is 519 g/mol. The van der Waals surface area contributed by atoms with Crippen molar-refractivity contribution in [3.05, 3.63) is 12.2 Å². The first kappa shape index (κ1) is 30.6. The van der Waals surface area contributed by atoms with Crippen LogP contribution >= 0.6 is 12.6 Å². The van der Waals surface area contributed by atoms with Gasteiger partial charge in [0.15, 0.2) is 0 Å². The molecular weight excluding hydrogens is 471 g/mol. The zero-order chi connectivity index (χ0) is 21.5. The summed E-state index contributed by atoms with van der Waals surface area (Å²) in [5, 5.41) is 9.03. The number of unbranched alkanes of at least 4 members (excludes halogenated alkanes) is 11. The molecule has 0 bridgehead atoms. The number of carboxylic acids is 1. The van der Waals surface area contributed by atoms with Crippen molar-refractivity contribution >= 4 is 41.1 Å². The van der Waals surface area contributed by atoms with Crippen LogP contribution in [0.1, 0.15) is 117 Å². The molecule has 0 saturated heterocycles. The molecule has 0 heterocycles. The quantitative estimate of drug-likeness (QED) is 0.0835. The Morgan fingerprint density at radius 1 is 0.857 bits per heavy atom. The van der Waals surface area contributed by atoms with Gasteiger partial charge in [0.2, 0.25) is 0 Å². The molecule has 0 aliphatic heterocycles. The van der Waals surface area contributed by atoms with Gasteiger partial charge in [-0.25, -0.2) is 0 Å². The molecule has 0 aromatic rings. The van der Waals surface area contributed by atoms with Gasteiger partial charge in [-0.05, 0) is 32.1 Å². The molecular formula is C24H47O2SSn. The number of rotatable bonds is 18. The van der Waals surface area contributed by atoms with E-state index in [2.05, 4.69) is 38.6 Å². The second-order valence-electron chi connectivity index (χ2n) is 7.81. The third kappa shape index (κ3) is 24.4. The molecule has 0 amide bonds. The van der Waals surface area contributed by atoms with Crippen molar-refractivity contribution in [2.45, 2.75) is 127 Å². The molecule has 0 aliphatic rings. The molecule has 0 fully saturated rings. The van der Waals surface area contributed by atoms with Crippen molar-refractivity contribution in [3.8, 4) is 0 Å². The topological polar surface area (TPSA) is 37.3 Å². The van der Waals surface area contributed by atoms with E-state index >= 15 is 0 Å². The number of thiol groups is 1. The first-order valence-electron chi connectivity index (χ1n) is 11.7. The molecule has 165 valence electrons. The van der Waals surface area contributed by atoms with Gasteiger partial charge in [-0.15, -0.1) is 0 Å². The summed E-state index contributed by atoms with van der Waals surface area (Å²) >= 11 is 5.95. The van der Waals surface area contributed by atoms with Crippen molar-refractivity contribution in [1.82, 2.24) is 0 Å². The van der Waals surface area contributed by atoms with E-state index in [1.165, 1.54) is 81.5 Å². The fourth-order valence-electron chi connectivity index (χ4n) is 3.01. The van der Waals surface area contributed by atoms with Crippen molar-refractivity contribution in [2.75, 3.05) is 0 Å². The van der Waals surface area contributed by atoms with Crippen LogP contribution in [0.15, 0.2) is 12.2 Å². The minimum absolute atomic E-state index is 0.0580. The van der Waals surface area contributed by atoms with E-state index in [0.29, 0.717) is 0 Å². The maximum absolute atomic E-state index is 11.0. The van der Waals surface area contributed by atoms with Gasteiger partial charge in [0.25, 0.3) is 0 Å². The van der Waals surface area contributed by atoms with Gasteiger partial charge in [0.1, 0.15) is 0 Å². The van der Waals surface area contributed by atoms with Gasteiger partial charge in [0, 0.05) is 5.25 Å². The minimum atomic E-state index is -0.704. The SMILES string of the molecule is CCCCCCCCC=CCCCCCCC(C(=O)O)C(C)S.CCC[CH2][Sn]. The molecule has 2 nitrogen and oxygen atoms in total. The van der Waals surface area contributed by atoms with Crippen LogP contribution in [0.3, 0.4) is 0 Å². The van der Waals surface area contributed by atoms with E-state index in [0.717, 1.165) is 19.3 Å². The average molecular weight is 518 g/mol. The normalized spacial score (nSPS) is 13.2. The number of carbonyl (C=O) groups is 1. The average Bonchev–Trinajstić information content (AvgIpc) is 2.65. The van der Waals surface area contributed by atoms with E-state index in [1.807, 2.05) is 6.92 Å². The summed E-state index contributed by atoms with van der Waals surface area (Å²) in [6.45, 7) is 6.36. The van der Waals surface area contributed by atoms with Gasteiger partial charge in [0.05, 0.1) is 5.92 Å². The van der Waals surface area contributed by atoms with Crippen molar-refractivity contribution in [3.63, 3.8) is 0 Å². The van der Waals surface area contributed by atoms with E-state index < -0.39 is 5.97 Å². The molecule has 1 N–H and O–H groups in total. The van der Waals surface area contributed by atoms with Gasteiger partial charge in [-0.1, -0.05) is 77.4 Å². The Hall–Kier alpha value is 0.359. The van der Waals surface area contributed by atoms with Crippen LogP contribution in [-0.4, -0.2) is 38.9 Å². The summed E-state index contributed by atoms with van der Waals surface area (Å²) in [5.74, 6) is -0.999. The molecule has 2 atom stereocenters. The van der Waals surface area contributed by atoms with E-state index in [9.17, 15) is 4.79 Å². The molecule has 28 heavy (non-hydrogen) atoms. The molecule has 2 unspecified atom stereocenters. The first-order valence-corrected chi connectivity index (χ1v) is 14.2. The van der Waals surface area contributed by atoms with E-state index in [-0.39, 0.29) is 11.2 Å². The van der Waals surface area contributed by atoms with Gasteiger partial charge in [-0.3, -0.25) is 4.79 Å². The van der Waals surface area contributed by atoms with Gasteiger partial charge >= 0.3 is 52.7 Å². The Balaban J connectivity index is 0. The second-order valence-corrected chi connectivity index (χ2v) is 10.0. The third-order valence-electron chi connectivity index (χ3n) is 4.96. The summed E-state index contributed by atoms with van der Waals surface area (Å²) in [6.07, 6.45) is 23.4. The summed E-state index contributed by atoms with van der Waals surface area (Å²) in [5.41, 5.74) is 0. The molecule has 3 radical (unpaired) electrons. The van der Waals surface area contributed by atoms with E-state index in [4.69, 9.17) is 5.11 Å². The Morgan fingerprint density at radius 2 is 1.32 bits per heavy atom. The summed E-state index contributed by atoms with van der Waals surface area (Å²) < 4.78 is 1.43. The molecule has 0 saturated carbocycles. The summed E-state index contributed by atoms with van der Waals surface area (Å²) in [6, 6.07) is 0. The Labute approximate surface area is 195 Å². The molecule has 0 spiro atoms. The molecule has 0 aromatic heterocycles. The zero-order valence-electron chi connectivity index (χ0n) is 18.9. The van der Waals surface area contributed by atoms with Gasteiger partial charge in [-0.2, -0.15) is 12.6 Å². The second kappa shape index (κ2) is 25.4. The molecule has 0 aliphatic carbocycles. The van der Waals surface area contributed by atoms with Gasteiger partial charge < -0.3 is 5.11 Å². The zero-order valence-corrected chi connectivity index (χ0v) is 22.7. The standard InChI is InChI=1S/C20H38O2S.C4H9.Sn/c1-3-4-5-6-7-8-9-10-11-12-13-14-15-16-17-19(18(2)23)20(21)22;1-3-4-2;/h10-11,18-19,23H,3-9,12-17H2,1-2H3,(H,21,22);1,3-4H2,2H3;. The number of aliphatic carboxylic acids is 1. The summed E-state index contributed by atoms with van der Waals surface area (Å²) in [4.78, 5) is 11.0. The van der Waals surface area contributed by atoms with Crippen LogP contribution < -0.4 is 0 Å². The molecule has 0 rings (SSSR count). The molecule has 0 aromatic carbocycles. The maximum atomic E-state index is 11.0. The first-order chi connectivity index (χ1) is 13.5. The van der Waals surface area contributed by atoms with Crippen LogP contribution in [0.2, 0.25) is 4.44 Å². The fourth-order valence-corrected chi connectivity index (χ4v) is 4.29. The number of allylic oxidation sites excluding steroid dienone is 2. The number of hydrogen-bond acceptors (Lipinski definition) is 2. The van der Waals surface area contributed by atoms with Crippen LogP contribution in [0.4, 0.5) is 0 Å². The Kier molecular flexibility index (Phi) is 27.7. The van der Waals surface area contributed by atoms with Crippen molar-refractivity contribution in [2.24, 2.45) is 5.92 Å². The van der Waals surface area contributed by atoms with Crippen LogP contribution in [-0.2, 0) is 4.79 Å². The number of carboxylic acid groups (broad SMARTS) is 1. The van der Waals surface area contributed by atoms with Crippen LogP contribution in [0.5, 0.6) is 0 Å². The van der Waals surface area contributed by atoms with Crippen LogP contribution in [0, 0.1) is 5.92 Å². The van der Waals surface area contributed by atoms with Crippen molar-refractivity contribution < 1.29 is 9.90 Å². The predicted octanol–water partition coefficient (Wildman–Crippen LogP) is 8.03. The van der Waals surface area contributed by atoms with E-state index in [1.54, 1.807) is 22.5 Å². The third-order valence-corrected chi connectivity index (χ3v) is 6.33. The summed E-state index contributed by atoms with van der Waals surface area (Å²) in [7, 11) is 0. The van der Waals surface area contributed by atoms with Crippen LogP contribution in [0.25, 0.3) is 0 Å². The molecule has 4 heteroatoms. The van der Waals surface area contributed by atoms with Crippen molar-refractivity contribution in [1.29, 1.82) is 0 Å². The number of hydrogen-bond donors (Lipinski definition) is 2. The Bertz CT molecular complexity index is 343. The predicted molar refractivity (Wildman–Crippen MR) is 130 cm³/mol.